The molecule has 116 valence electrons. The Kier molecular flexibility index (Phi) is 8.15. The zero-order valence-electron chi connectivity index (χ0n) is 13.4. The number of ether oxygens (including phenoxy) is 2. The molecule has 0 fully saturated rings. The maximum absolute atomic E-state index is 12.0. The third kappa shape index (κ3) is 8.69. The van der Waals surface area contributed by atoms with Crippen molar-refractivity contribution in [2.45, 2.75) is 53.2 Å². The summed E-state index contributed by atoms with van der Waals surface area (Å²) in [5.41, 5.74) is -0.507. The van der Waals surface area contributed by atoms with Gasteiger partial charge in [-0.25, -0.2) is 4.79 Å². The highest BCUT2D eigenvalue weighted by Crippen LogP contribution is 2.12. The molecule has 0 saturated carbocycles. The molecule has 0 unspecified atom stereocenters. The number of carbonyl (C=O) groups is 2. The Morgan fingerprint density at radius 1 is 1.25 bits per heavy atom. The summed E-state index contributed by atoms with van der Waals surface area (Å²) in [4.78, 5) is 23.1. The molecule has 0 rings (SSSR count). The van der Waals surface area contributed by atoms with Gasteiger partial charge in [-0.15, -0.1) is 0 Å². The molecule has 0 saturated heterocycles. The molecule has 0 aromatic rings. The van der Waals surface area contributed by atoms with Gasteiger partial charge in [0.05, 0.1) is 6.61 Å². The molecular weight excluding hydrogens is 258 g/mol. The molecule has 0 aliphatic heterocycles. The van der Waals surface area contributed by atoms with Crippen LogP contribution in [0.1, 0.15) is 41.5 Å². The molecule has 20 heavy (non-hydrogen) atoms. The highest BCUT2D eigenvalue weighted by atomic mass is 16.6. The van der Waals surface area contributed by atoms with Crippen molar-refractivity contribution < 1.29 is 19.1 Å². The van der Waals surface area contributed by atoms with E-state index in [1.807, 2.05) is 34.6 Å². The van der Waals surface area contributed by atoms with Crippen molar-refractivity contribution in [2.75, 3.05) is 13.2 Å². The number of esters is 2. The van der Waals surface area contributed by atoms with Gasteiger partial charge in [0.2, 0.25) is 0 Å². The standard InChI is InChI=1S/C15H27NO4/c1-7-19-12(17)9-8-10-16-13(11(2)3)14(18)20-15(4,5)6/h8-9,11,13,16H,7,10H2,1-6H3/t13-/m1/s1. The quantitative estimate of drug-likeness (QED) is 0.573. The van der Waals surface area contributed by atoms with Gasteiger partial charge in [-0.3, -0.25) is 4.79 Å². The number of carbonyl (C=O) groups excluding carboxylic acids is 2. The van der Waals surface area contributed by atoms with Crippen molar-refractivity contribution in [1.82, 2.24) is 5.32 Å². The zero-order chi connectivity index (χ0) is 15.8. The van der Waals surface area contributed by atoms with Crippen LogP contribution < -0.4 is 5.32 Å². The number of rotatable bonds is 7. The van der Waals surface area contributed by atoms with Crippen molar-refractivity contribution in [3.05, 3.63) is 12.2 Å². The Balaban J connectivity index is 4.36. The van der Waals surface area contributed by atoms with Gasteiger partial charge in [-0.2, -0.15) is 0 Å². The average Bonchev–Trinajstić information content (AvgIpc) is 2.25. The maximum Gasteiger partial charge on any atom is 0.330 e. The van der Waals surface area contributed by atoms with Crippen LogP contribution in [0.25, 0.3) is 0 Å². The minimum absolute atomic E-state index is 0.0980. The van der Waals surface area contributed by atoms with Gasteiger partial charge in [0, 0.05) is 12.6 Å². The number of hydrogen-bond acceptors (Lipinski definition) is 5. The topological polar surface area (TPSA) is 64.6 Å². The van der Waals surface area contributed by atoms with E-state index in [2.05, 4.69) is 5.32 Å². The Morgan fingerprint density at radius 2 is 1.85 bits per heavy atom. The van der Waals surface area contributed by atoms with Crippen molar-refractivity contribution >= 4 is 11.9 Å². The minimum atomic E-state index is -0.507. The van der Waals surface area contributed by atoms with Gasteiger partial charge in [-0.05, 0) is 33.6 Å². The largest absolute Gasteiger partial charge is 0.463 e. The molecule has 0 aliphatic rings. The first kappa shape index (κ1) is 18.6. The summed E-state index contributed by atoms with van der Waals surface area (Å²) >= 11 is 0. The van der Waals surface area contributed by atoms with Crippen LogP contribution in [-0.2, 0) is 19.1 Å². The van der Waals surface area contributed by atoms with E-state index >= 15 is 0 Å². The third-order valence-corrected chi connectivity index (χ3v) is 2.32. The smallest absolute Gasteiger partial charge is 0.330 e. The molecule has 0 bridgehead atoms. The third-order valence-electron chi connectivity index (χ3n) is 2.32. The summed E-state index contributed by atoms with van der Waals surface area (Å²) < 4.78 is 10.1. The van der Waals surface area contributed by atoms with Gasteiger partial charge >= 0.3 is 11.9 Å². The summed E-state index contributed by atoms with van der Waals surface area (Å²) in [5, 5.41) is 3.07. The van der Waals surface area contributed by atoms with Gasteiger partial charge < -0.3 is 14.8 Å². The summed E-state index contributed by atoms with van der Waals surface area (Å²) in [6.07, 6.45) is 2.99. The molecule has 1 atom stereocenters. The number of nitrogens with one attached hydrogen (secondary N) is 1. The second-order valence-corrected chi connectivity index (χ2v) is 5.82. The minimum Gasteiger partial charge on any atom is -0.463 e. The normalized spacial score (nSPS) is 13.6. The predicted molar refractivity (Wildman–Crippen MR) is 78.2 cm³/mol. The lowest BCUT2D eigenvalue weighted by Crippen LogP contribution is -2.44. The molecule has 5 heteroatoms. The molecule has 0 aromatic heterocycles. The van der Waals surface area contributed by atoms with E-state index in [0.717, 1.165) is 0 Å². The van der Waals surface area contributed by atoms with Gasteiger partial charge in [0.15, 0.2) is 0 Å². The lowest BCUT2D eigenvalue weighted by atomic mass is 10.0. The highest BCUT2D eigenvalue weighted by molar-refractivity contribution is 5.82. The lowest BCUT2D eigenvalue weighted by molar-refractivity contribution is -0.158. The predicted octanol–water partition coefficient (Wildman–Crippen LogP) is 2.06. The van der Waals surface area contributed by atoms with Crippen LogP contribution >= 0.6 is 0 Å². The molecule has 0 aliphatic carbocycles. The maximum atomic E-state index is 12.0. The molecule has 5 nitrogen and oxygen atoms in total. The van der Waals surface area contributed by atoms with Gasteiger partial charge in [-0.1, -0.05) is 19.9 Å². The Labute approximate surface area is 121 Å². The zero-order valence-corrected chi connectivity index (χ0v) is 13.4. The van der Waals surface area contributed by atoms with Crippen LogP contribution in [0.2, 0.25) is 0 Å². The van der Waals surface area contributed by atoms with Crippen LogP contribution in [0, 0.1) is 5.92 Å². The van der Waals surface area contributed by atoms with Crippen LogP contribution in [0.5, 0.6) is 0 Å². The Hall–Kier alpha value is -1.36. The van der Waals surface area contributed by atoms with E-state index < -0.39 is 11.6 Å². The van der Waals surface area contributed by atoms with Gasteiger partial charge in [0.1, 0.15) is 11.6 Å². The van der Waals surface area contributed by atoms with Crippen LogP contribution in [-0.4, -0.2) is 36.7 Å². The van der Waals surface area contributed by atoms with Crippen molar-refractivity contribution in [1.29, 1.82) is 0 Å². The van der Waals surface area contributed by atoms with E-state index in [1.165, 1.54) is 6.08 Å². The molecule has 0 amide bonds. The summed E-state index contributed by atoms with van der Waals surface area (Å²) in [5.74, 6) is -0.564. The average molecular weight is 285 g/mol. The van der Waals surface area contributed by atoms with Crippen molar-refractivity contribution in [3.8, 4) is 0 Å². The molecule has 0 radical (unpaired) electrons. The molecule has 0 aromatic carbocycles. The molecule has 0 heterocycles. The van der Waals surface area contributed by atoms with E-state index in [9.17, 15) is 9.59 Å². The summed E-state index contributed by atoms with van der Waals surface area (Å²) in [6, 6.07) is -0.402. The van der Waals surface area contributed by atoms with Gasteiger partial charge in [0.25, 0.3) is 0 Å². The van der Waals surface area contributed by atoms with E-state index in [1.54, 1.807) is 13.0 Å². The van der Waals surface area contributed by atoms with Crippen LogP contribution in [0.4, 0.5) is 0 Å². The molecule has 0 spiro atoms. The lowest BCUT2D eigenvalue weighted by Gasteiger charge is -2.26. The molecule has 1 N–H and O–H groups in total. The van der Waals surface area contributed by atoms with E-state index in [0.29, 0.717) is 13.2 Å². The SMILES string of the molecule is CCOC(=O)C=CCN[C@@H](C(=O)OC(C)(C)C)C(C)C. The Bertz CT molecular complexity index is 342. The summed E-state index contributed by atoms with van der Waals surface area (Å²) in [6.45, 7) is 11.9. The number of hydrogen-bond donors (Lipinski definition) is 1. The van der Waals surface area contributed by atoms with Crippen molar-refractivity contribution in [2.24, 2.45) is 5.92 Å². The first-order chi connectivity index (χ1) is 9.17. The van der Waals surface area contributed by atoms with E-state index in [-0.39, 0.29) is 17.9 Å². The summed E-state index contributed by atoms with van der Waals surface area (Å²) in [7, 11) is 0. The second-order valence-electron chi connectivity index (χ2n) is 5.82. The van der Waals surface area contributed by atoms with E-state index in [4.69, 9.17) is 9.47 Å². The van der Waals surface area contributed by atoms with Crippen molar-refractivity contribution in [3.63, 3.8) is 0 Å². The first-order valence-corrected chi connectivity index (χ1v) is 6.97. The first-order valence-electron chi connectivity index (χ1n) is 6.97. The Morgan fingerprint density at radius 3 is 2.30 bits per heavy atom. The fourth-order valence-electron chi connectivity index (χ4n) is 1.50. The van der Waals surface area contributed by atoms with Crippen LogP contribution in [0.3, 0.4) is 0 Å². The second kappa shape index (κ2) is 8.74. The van der Waals surface area contributed by atoms with Crippen LogP contribution in [0.15, 0.2) is 12.2 Å². The molecular formula is C15H27NO4. The highest BCUT2D eigenvalue weighted by Gasteiger charge is 2.26. The fraction of sp³-hybridized carbons (Fsp3) is 0.733. The fourth-order valence-corrected chi connectivity index (χ4v) is 1.50. The monoisotopic (exact) mass is 285 g/mol.